The molecular formula is C12H19N3O2. The van der Waals surface area contributed by atoms with Crippen molar-refractivity contribution in [3.63, 3.8) is 0 Å². The molecule has 0 aliphatic rings. The predicted octanol–water partition coefficient (Wildman–Crippen LogP) is 2.25. The van der Waals surface area contributed by atoms with Crippen LogP contribution in [0.5, 0.6) is 0 Å². The molecule has 0 spiro atoms. The molecule has 0 radical (unpaired) electrons. The summed E-state index contributed by atoms with van der Waals surface area (Å²) < 4.78 is 4.55. The SMILES string of the molecule is CCCCC(C)Nc1ccc(C(=O)OC)nn1. The van der Waals surface area contributed by atoms with Gasteiger partial charge in [0.2, 0.25) is 0 Å². The second-order valence-electron chi connectivity index (χ2n) is 3.98. The van der Waals surface area contributed by atoms with Gasteiger partial charge in [0.1, 0.15) is 5.82 Å². The van der Waals surface area contributed by atoms with Crippen LogP contribution in [0, 0.1) is 0 Å². The maximum absolute atomic E-state index is 11.1. The lowest BCUT2D eigenvalue weighted by atomic mass is 10.1. The highest BCUT2D eigenvalue weighted by Crippen LogP contribution is 2.08. The van der Waals surface area contributed by atoms with Crippen LogP contribution < -0.4 is 5.32 Å². The van der Waals surface area contributed by atoms with E-state index in [1.807, 2.05) is 0 Å². The summed E-state index contributed by atoms with van der Waals surface area (Å²) >= 11 is 0. The van der Waals surface area contributed by atoms with Crippen molar-refractivity contribution in [2.24, 2.45) is 0 Å². The Bertz CT molecular complexity index is 351. The van der Waals surface area contributed by atoms with Gasteiger partial charge in [-0.3, -0.25) is 0 Å². The number of ether oxygens (including phenoxy) is 1. The summed E-state index contributed by atoms with van der Waals surface area (Å²) in [6, 6.07) is 3.70. The van der Waals surface area contributed by atoms with Crippen LogP contribution in [0.25, 0.3) is 0 Å². The third-order valence-corrected chi connectivity index (χ3v) is 2.44. The predicted molar refractivity (Wildman–Crippen MR) is 66.0 cm³/mol. The Kier molecular flexibility index (Phi) is 5.39. The van der Waals surface area contributed by atoms with Crippen molar-refractivity contribution in [3.05, 3.63) is 17.8 Å². The molecule has 0 aromatic carbocycles. The van der Waals surface area contributed by atoms with E-state index in [1.165, 1.54) is 20.0 Å². The Balaban J connectivity index is 2.53. The summed E-state index contributed by atoms with van der Waals surface area (Å²) in [6.07, 6.45) is 3.46. The third-order valence-electron chi connectivity index (χ3n) is 2.44. The minimum atomic E-state index is -0.469. The van der Waals surface area contributed by atoms with Crippen molar-refractivity contribution in [1.82, 2.24) is 10.2 Å². The average molecular weight is 237 g/mol. The van der Waals surface area contributed by atoms with E-state index in [1.54, 1.807) is 12.1 Å². The first-order chi connectivity index (χ1) is 8.17. The third kappa shape index (κ3) is 4.38. The van der Waals surface area contributed by atoms with Crippen LogP contribution in [-0.4, -0.2) is 29.3 Å². The van der Waals surface area contributed by atoms with Gasteiger partial charge in [0.05, 0.1) is 7.11 Å². The number of nitrogens with zero attached hydrogens (tertiary/aromatic N) is 2. The van der Waals surface area contributed by atoms with Crippen molar-refractivity contribution < 1.29 is 9.53 Å². The lowest BCUT2D eigenvalue weighted by Gasteiger charge is -2.13. The molecule has 17 heavy (non-hydrogen) atoms. The van der Waals surface area contributed by atoms with E-state index in [-0.39, 0.29) is 5.69 Å². The van der Waals surface area contributed by atoms with Crippen LogP contribution >= 0.6 is 0 Å². The topological polar surface area (TPSA) is 64.1 Å². The first-order valence-corrected chi connectivity index (χ1v) is 5.86. The molecule has 1 heterocycles. The van der Waals surface area contributed by atoms with Crippen LogP contribution in [-0.2, 0) is 4.74 Å². The quantitative estimate of drug-likeness (QED) is 0.769. The Morgan fingerprint density at radius 2 is 2.24 bits per heavy atom. The number of carbonyl (C=O) groups is 1. The normalized spacial score (nSPS) is 11.9. The maximum Gasteiger partial charge on any atom is 0.358 e. The number of hydrogen-bond donors (Lipinski definition) is 1. The Morgan fingerprint density at radius 3 is 2.76 bits per heavy atom. The molecule has 5 heteroatoms. The molecule has 5 nitrogen and oxygen atoms in total. The van der Waals surface area contributed by atoms with Gasteiger partial charge in [-0.25, -0.2) is 4.79 Å². The first kappa shape index (κ1) is 13.4. The van der Waals surface area contributed by atoms with E-state index in [0.717, 1.165) is 6.42 Å². The van der Waals surface area contributed by atoms with Gasteiger partial charge in [0, 0.05) is 6.04 Å². The summed E-state index contributed by atoms with van der Waals surface area (Å²) in [6.45, 7) is 4.27. The van der Waals surface area contributed by atoms with Gasteiger partial charge >= 0.3 is 5.97 Å². The minimum Gasteiger partial charge on any atom is -0.464 e. The summed E-state index contributed by atoms with van der Waals surface area (Å²) in [5.74, 6) is 0.212. The molecule has 0 saturated heterocycles. The zero-order valence-electron chi connectivity index (χ0n) is 10.6. The Morgan fingerprint density at radius 1 is 1.47 bits per heavy atom. The summed E-state index contributed by atoms with van der Waals surface area (Å²) in [5, 5.41) is 11.0. The molecule has 0 fully saturated rings. The van der Waals surface area contributed by atoms with Crippen molar-refractivity contribution in [2.75, 3.05) is 12.4 Å². The van der Waals surface area contributed by atoms with Crippen LogP contribution in [0.4, 0.5) is 5.82 Å². The fraction of sp³-hybridized carbons (Fsp3) is 0.583. The van der Waals surface area contributed by atoms with E-state index in [4.69, 9.17) is 0 Å². The monoisotopic (exact) mass is 237 g/mol. The smallest absolute Gasteiger partial charge is 0.358 e. The van der Waals surface area contributed by atoms with E-state index in [9.17, 15) is 4.79 Å². The molecule has 1 rings (SSSR count). The summed E-state index contributed by atoms with van der Waals surface area (Å²) in [7, 11) is 1.32. The largest absolute Gasteiger partial charge is 0.464 e. The molecule has 0 aliphatic carbocycles. The van der Waals surface area contributed by atoms with Gasteiger partial charge in [0.25, 0.3) is 0 Å². The standard InChI is InChI=1S/C12H19N3O2/c1-4-5-6-9(2)13-11-8-7-10(14-15-11)12(16)17-3/h7-9H,4-6H2,1-3H3,(H,13,15). The van der Waals surface area contributed by atoms with Gasteiger partial charge in [0.15, 0.2) is 5.69 Å². The number of esters is 1. The van der Waals surface area contributed by atoms with Gasteiger partial charge in [-0.05, 0) is 25.5 Å². The average Bonchev–Trinajstić information content (AvgIpc) is 2.36. The van der Waals surface area contributed by atoms with Crippen LogP contribution in [0.3, 0.4) is 0 Å². The zero-order chi connectivity index (χ0) is 12.7. The van der Waals surface area contributed by atoms with E-state index in [0.29, 0.717) is 11.9 Å². The molecule has 0 bridgehead atoms. The molecular weight excluding hydrogens is 218 g/mol. The van der Waals surface area contributed by atoms with Crippen molar-refractivity contribution in [3.8, 4) is 0 Å². The number of rotatable bonds is 6. The Hall–Kier alpha value is -1.65. The van der Waals surface area contributed by atoms with Crippen molar-refractivity contribution >= 4 is 11.8 Å². The van der Waals surface area contributed by atoms with Crippen molar-refractivity contribution in [1.29, 1.82) is 0 Å². The van der Waals surface area contributed by atoms with Gasteiger partial charge < -0.3 is 10.1 Å². The van der Waals surface area contributed by atoms with Crippen LogP contribution in [0.1, 0.15) is 43.6 Å². The van der Waals surface area contributed by atoms with Gasteiger partial charge in [-0.15, -0.1) is 10.2 Å². The van der Waals surface area contributed by atoms with Crippen molar-refractivity contribution in [2.45, 2.75) is 39.2 Å². The molecule has 1 unspecified atom stereocenters. The lowest BCUT2D eigenvalue weighted by molar-refractivity contribution is 0.0593. The van der Waals surface area contributed by atoms with E-state index in [2.05, 4.69) is 34.1 Å². The van der Waals surface area contributed by atoms with E-state index >= 15 is 0 Å². The molecule has 0 saturated carbocycles. The molecule has 1 atom stereocenters. The number of methoxy groups -OCH3 is 1. The van der Waals surface area contributed by atoms with Gasteiger partial charge in [-0.1, -0.05) is 19.8 Å². The number of anilines is 1. The van der Waals surface area contributed by atoms with E-state index < -0.39 is 5.97 Å². The molecule has 0 aliphatic heterocycles. The highest BCUT2D eigenvalue weighted by molar-refractivity contribution is 5.86. The lowest BCUT2D eigenvalue weighted by Crippen LogP contribution is -2.16. The molecule has 1 N–H and O–H groups in total. The number of nitrogens with one attached hydrogen (secondary N) is 1. The summed E-state index contributed by atoms with van der Waals surface area (Å²) in [5.41, 5.74) is 0.222. The zero-order valence-corrected chi connectivity index (χ0v) is 10.6. The Labute approximate surface area is 102 Å². The fourth-order valence-electron chi connectivity index (χ4n) is 1.46. The number of carbonyl (C=O) groups excluding carboxylic acids is 1. The summed E-state index contributed by atoms with van der Waals surface area (Å²) in [4.78, 5) is 11.1. The molecule has 1 aromatic rings. The highest BCUT2D eigenvalue weighted by Gasteiger charge is 2.08. The molecule has 0 amide bonds. The second-order valence-corrected chi connectivity index (χ2v) is 3.98. The van der Waals surface area contributed by atoms with Gasteiger partial charge in [-0.2, -0.15) is 0 Å². The minimum absolute atomic E-state index is 0.222. The highest BCUT2D eigenvalue weighted by atomic mass is 16.5. The fourth-order valence-corrected chi connectivity index (χ4v) is 1.46. The first-order valence-electron chi connectivity index (χ1n) is 5.86. The number of unbranched alkanes of at least 4 members (excludes halogenated alkanes) is 1. The number of aromatic nitrogens is 2. The van der Waals surface area contributed by atoms with Crippen LogP contribution in [0.15, 0.2) is 12.1 Å². The number of hydrogen-bond acceptors (Lipinski definition) is 5. The second kappa shape index (κ2) is 6.83. The molecule has 1 aromatic heterocycles. The maximum atomic E-state index is 11.1. The molecule has 94 valence electrons. The van der Waals surface area contributed by atoms with Crippen LogP contribution in [0.2, 0.25) is 0 Å².